The lowest BCUT2D eigenvalue weighted by molar-refractivity contribution is -0.126. The van der Waals surface area contributed by atoms with E-state index in [2.05, 4.69) is 22.4 Å². The van der Waals surface area contributed by atoms with E-state index in [1.807, 2.05) is 32.9 Å². The van der Waals surface area contributed by atoms with Gasteiger partial charge in [0.05, 0.1) is 6.10 Å². The molecule has 1 aromatic carbocycles. The Bertz CT molecular complexity index is 970. The van der Waals surface area contributed by atoms with Crippen molar-refractivity contribution < 1.29 is 17.9 Å². The van der Waals surface area contributed by atoms with Crippen molar-refractivity contribution in [1.29, 1.82) is 0 Å². The van der Waals surface area contributed by atoms with Gasteiger partial charge in [0.2, 0.25) is 15.9 Å². The summed E-state index contributed by atoms with van der Waals surface area (Å²) in [6, 6.07) is 11.3. The number of carbonyl (C=O) groups excluding carboxylic acids is 1. The van der Waals surface area contributed by atoms with E-state index in [1.165, 1.54) is 16.1 Å². The summed E-state index contributed by atoms with van der Waals surface area (Å²) in [4.78, 5) is 16.8. The molecule has 1 aliphatic heterocycles. The number of rotatable bonds is 9. The Morgan fingerprint density at radius 2 is 1.84 bits per heavy atom. The van der Waals surface area contributed by atoms with Gasteiger partial charge in [-0.2, -0.15) is 4.31 Å². The van der Waals surface area contributed by atoms with Gasteiger partial charge < -0.3 is 10.1 Å². The number of hydrogen-bond donors (Lipinski definition) is 1. The Morgan fingerprint density at radius 1 is 1.16 bits per heavy atom. The number of piperidine rings is 1. The van der Waals surface area contributed by atoms with Gasteiger partial charge in [-0.05, 0) is 76.3 Å². The molecule has 0 bridgehead atoms. The fraction of sp³-hybridized carbons (Fsp3) is 0.500. The number of carbonyl (C=O) groups is 1. The van der Waals surface area contributed by atoms with Gasteiger partial charge in [-0.1, -0.05) is 12.1 Å². The van der Waals surface area contributed by atoms with Crippen LogP contribution < -0.4 is 10.1 Å². The van der Waals surface area contributed by atoms with E-state index >= 15 is 0 Å². The minimum Gasteiger partial charge on any atom is -0.491 e. The molecule has 0 saturated carbocycles. The van der Waals surface area contributed by atoms with Crippen LogP contribution in [0, 0.1) is 5.92 Å². The Kier molecular flexibility index (Phi) is 8.26. The largest absolute Gasteiger partial charge is 0.491 e. The standard InChI is InChI=1S/C24H33N3O4S/c1-18(2)31-22-10-8-20(9-11-22)7-6-19(3)26-24(28)21-12-15-27(16-13-21)32(29,30)23-5-4-14-25-17-23/h4-5,8-11,14,17-19,21H,6-7,12-13,15-16H2,1-3H3,(H,26,28). The normalized spacial score (nSPS) is 16.6. The second kappa shape index (κ2) is 10.9. The van der Waals surface area contributed by atoms with Gasteiger partial charge in [0, 0.05) is 37.4 Å². The van der Waals surface area contributed by atoms with Crippen LogP contribution >= 0.6 is 0 Å². The van der Waals surface area contributed by atoms with Crippen LogP contribution in [-0.2, 0) is 21.2 Å². The van der Waals surface area contributed by atoms with Crippen molar-refractivity contribution in [3.05, 3.63) is 54.4 Å². The molecule has 1 aliphatic rings. The molecule has 8 heteroatoms. The third-order valence-electron chi connectivity index (χ3n) is 5.65. The summed E-state index contributed by atoms with van der Waals surface area (Å²) < 4.78 is 32.5. The average Bonchev–Trinajstić information content (AvgIpc) is 2.79. The molecule has 32 heavy (non-hydrogen) atoms. The lowest BCUT2D eigenvalue weighted by Gasteiger charge is -2.31. The molecule has 3 rings (SSSR count). The summed E-state index contributed by atoms with van der Waals surface area (Å²) >= 11 is 0. The van der Waals surface area contributed by atoms with Crippen molar-refractivity contribution >= 4 is 15.9 Å². The molecule has 1 atom stereocenters. The van der Waals surface area contributed by atoms with Gasteiger partial charge >= 0.3 is 0 Å². The number of ether oxygens (including phenoxy) is 1. The van der Waals surface area contributed by atoms with Gasteiger partial charge in [0.1, 0.15) is 10.6 Å². The van der Waals surface area contributed by atoms with E-state index in [0.717, 1.165) is 18.6 Å². The fourth-order valence-corrected chi connectivity index (χ4v) is 5.26. The minimum atomic E-state index is -3.55. The van der Waals surface area contributed by atoms with Crippen LogP contribution in [0.5, 0.6) is 5.75 Å². The van der Waals surface area contributed by atoms with Crippen LogP contribution in [0.3, 0.4) is 0 Å². The topological polar surface area (TPSA) is 88.6 Å². The fourth-order valence-electron chi connectivity index (χ4n) is 3.83. The van der Waals surface area contributed by atoms with Crippen molar-refractivity contribution in [3.63, 3.8) is 0 Å². The SMILES string of the molecule is CC(CCc1ccc(OC(C)C)cc1)NC(=O)C1CCN(S(=O)(=O)c2cccnc2)CC1. The lowest BCUT2D eigenvalue weighted by atomic mass is 9.96. The van der Waals surface area contributed by atoms with Crippen molar-refractivity contribution in [2.24, 2.45) is 5.92 Å². The van der Waals surface area contributed by atoms with Crippen LogP contribution in [0.4, 0.5) is 0 Å². The molecule has 2 aromatic rings. The van der Waals surface area contributed by atoms with Crippen molar-refractivity contribution in [2.75, 3.05) is 13.1 Å². The molecule has 0 aliphatic carbocycles. The average molecular weight is 460 g/mol. The predicted molar refractivity (Wildman–Crippen MR) is 124 cm³/mol. The molecule has 7 nitrogen and oxygen atoms in total. The first-order valence-electron chi connectivity index (χ1n) is 11.2. The summed E-state index contributed by atoms with van der Waals surface area (Å²) in [5.41, 5.74) is 1.20. The van der Waals surface area contributed by atoms with Crippen LogP contribution in [0.25, 0.3) is 0 Å². The van der Waals surface area contributed by atoms with Crippen LogP contribution in [0.2, 0.25) is 0 Å². The predicted octanol–water partition coefficient (Wildman–Crippen LogP) is 3.41. The zero-order valence-corrected chi connectivity index (χ0v) is 19.8. The number of nitrogens with one attached hydrogen (secondary N) is 1. The quantitative estimate of drug-likeness (QED) is 0.621. The third-order valence-corrected chi connectivity index (χ3v) is 7.53. The number of aromatic nitrogens is 1. The molecule has 1 unspecified atom stereocenters. The minimum absolute atomic E-state index is 0.0107. The van der Waals surface area contributed by atoms with Crippen molar-refractivity contribution in [3.8, 4) is 5.75 Å². The van der Waals surface area contributed by atoms with Gasteiger partial charge in [-0.3, -0.25) is 9.78 Å². The Balaban J connectivity index is 1.43. The maximum Gasteiger partial charge on any atom is 0.244 e. The highest BCUT2D eigenvalue weighted by Crippen LogP contribution is 2.24. The summed E-state index contributed by atoms with van der Waals surface area (Å²) in [6.07, 6.45) is 5.81. The maximum atomic E-state index is 12.7. The molecular weight excluding hydrogens is 426 g/mol. The number of sulfonamides is 1. The number of pyridine rings is 1. The summed E-state index contributed by atoms with van der Waals surface area (Å²) in [5.74, 6) is 0.712. The Morgan fingerprint density at radius 3 is 2.44 bits per heavy atom. The first-order valence-corrected chi connectivity index (χ1v) is 12.7. The van der Waals surface area contributed by atoms with Gasteiger partial charge in [0.15, 0.2) is 0 Å². The first kappa shape index (κ1) is 24.2. The number of nitrogens with zero attached hydrogens (tertiary/aromatic N) is 2. The highest BCUT2D eigenvalue weighted by atomic mass is 32.2. The highest BCUT2D eigenvalue weighted by Gasteiger charge is 2.32. The molecule has 1 N–H and O–H groups in total. The second-order valence-electron chi connectivity index (χ2n) is 8.63. The van der Waals surface area contributed by atoms with Crippen LogP contribution in [0.15, 0.2) is 53.7 Å². The first-order chi connectivity index (χ1) is 15.3. The van der Waals surface area contributed by atoms with E-state index in [9.17, 15) is 13.2 Å². The third kappa shape index (κ3) is 6.53. The molecule has 1 saturated heterocycles. The number of aryl methyl sites for hydroxylation is 1. The molecule has 2 heterocycles. The second-order valence-corrected chi connectivity index (χ2v) is 10.6. The smallest absolute Gasteiger partial charge is 0.244 e. The van der Waals surface area contributed by atoms with Crippen LogP contribution in [0.1, 0.15) is 45.6 Å². The zero-order chi connectivity index (χ0) is 23.1. The van der Waals surface area contributed by atoms with E-state index in [-0.39, 0.29) is 28.9 Å². The number of hydrogen-bond acceptors (Lipinski definition) is 5. The molecule has 1 fully saturated rings. The maximum absolute atomic E-state index is 12.7. The van der Waals surface area contributed by atoms with Gasteiger partial charge in [-0.15, -0.1) is 0 Å². The molecule has 0 spiro atoms. The van der Waals surface area contributed by atoms with Crippen LogP contribution in [-0.4, -0.2) is 48.8 Å². The monoisotopic (exact) mass is 459 g/mol. The molecule has 174 valence electrons. The van der Waals surface area contributed by atoms with Crippen molar-refractivity contribution in [2.45, 2.75) is 63.5 Å². The van der Waals surface area contributed by atoms with E-state index in [0.29, 0.717) is 25.9 Å². The molecule has 1 aromatic heterocycles. The lowest BCUT2D eigenvalue weighted by Crippen LogP contribution is -2.44. The Hall–Kier alpha value is -2.45. The molecule has 0 radical (unpaired) electrons. The molecular formula is C24H33N3O4S. The zero-order valence-electron chi connectivity index (χ0n) is 19.0. The number of amides is 1. The number of benzene rings is 1. The summed E-state index contributed by atoms with van der Waals surface area (Å²) in [5, 5.41) is 3.10. The van der Waals surface area contributed by atoms with E-state index in [4.69, 9.17) is 4.74 Å². The van der Waals surface area contributed by atoms with Crippen molar-refractivity contribution in [1.82, 2.24) is 14.6 Å². The summed E-state index contributed by atoms with van der Waals surface area (Å²) in [6.45, 7) is 6.70. The summed E-state index contributed by atoms with van der Waals surface area (Å²) in [7, 11) is -3.55. The van der Waals surface area contributed by atoms with E-state index in [1.54, 1.807) is 18.3 Å². The molecule has 1 amide bonds. The van der Waals surface area contributed by atoms with Gasteiger partial charge in [0.25, 0.3) is 0 Å². The Labute approximate surface area is 191 Å². The van der Waals surface area contributed by atoms with E-state index < -0.39 is 10.0 Å². The van der Waals surface area contributed by atoms with Gasteiger partial charge in [-0.25, -0.2) is 8.42 Å². The highest BCUT2D eigenvalue weighted by molar-refractivity contribution is 7.89.